The van der Waals surface area contributed by atoms with Crippen LogP contribution in [0.3, 0.4) is 0 Å². The molecule has 1 aromatic heterocycles. The smallest absolute Gasteiger partial charge is 0.0953 e. The molecule has 0 aliphatic heterocycles. The van der Waals surface area contributed by atoms with E-state index in [9.17, 15) is 0 Å². The lowest BCUT2D eigenvalue weighted by Crippen LogP contribution is -2.23. The SMILES string of the molecule is Cc1cocc1C(N)C(C)C(C)C. The number of nitrogens with two attached hydrogens (primary N) is 1. The molecule has 0 amide bonds. The Labute approximate surface area is 80.1 Å². The first-order chi connectivity index (χ1) is 6.04. The van der Waals surface area contributed by atoms with Gasteiger partial charge in [-0.15, -0.1) is 0 Å². The van der Waals surface area contributed by atoms with E-state index in [0.29, 0.717) is 11.8 Å². The molecule has 74 valence electrons. The highest BCUT2D eigenvalue weighted by atomic mass is 16.3. The highest BCUT2D eigenvalue weighted by molar-refractivity contribution is 5.23. The second-order valence-corrected chi connectivity index (χ2v) is 4.14. The Morgan fingerprint density at radius 3 is 2.23 bits per heavy atom. The van der Waals surface area contributed by atoms with Crippen LogP contribution in [0.5, 0.6) is 0 Å². The van der Waals surface area contributed by atoms with Crippen LogP contribution < -0.4 is 5.73 Å². The third-order valence-electron chi connectivity index (χ3n) is 2.87. The summed E-state index contributed by atoms with van der Waals surface area (Å²) in [4.78, 5) is 0. The maximum absolute atomic E-state index is 6.12. The van der Waals surface area contributed by atoms with Gasteiger partial charge in [0.25, 0.3) is 0 Å². The Morgan fingerprint density at radius 1 is 1.23 bits per heavy atom. The maximum Gasteiger partial charge on any atom is 0.0953 e. The van der Waals surface area contributed by atoms with Crippen LogP contribution >= 0.6 is 0 Å². The molecule has 2 N–H and O–H groups in total. The Hall–Kier alpha value is -0.760. The van der Waals surface area contributed by atoms with Gasteiger partial charge in [0.15, 0.2) is 0 Å². The van der Waals surface area contributed by atoms with Crippen LogP contribution in [0.1, 0.15) is 37.9 Å². The fourth-order valence-corrected chi connectivity index (χ4v) is 1.41. The van der Waals surface area contributed by atoms with Gasteiger partial charge in [-0.3, -0.25) is 0 Å². The summed E-state index contributed by atoms with van der Waals surface area (Å²) in [5.74, 6) is 1.08. The molecule has 2 heteroatoms. The van der Waals surface area contributed by atoms with Crippen molar-refractivity contribution >= 4 is 0 Å². The summed E-state index contributed by atoms with van der Waals surface area (Å²) >= 11 is 0. The zero-order valence-corrected chi connectivity index (χ0v) is 8.87. The van der Waals surface area contributed by atoms with Gasteiger partial charge in [0.2, 0.25) is 0 Å². The van der Waals surface area contributed by atoms with Crippen LogP contribution in [-0.4, -0.2) is 0 Å². The van der Waals surface area contributed by atoms with Crippen LogP contribution in [0.25, 0.3) is 0 Å². The van der Waals surface area contributed by atoms with Crippen molar-refractivity contribution in [2.45, 2.75) is 33.7 Å². The van der Waals surface area contributed by atoms with E-state index >= 15 is 0 Å². The molecular weight excluding hydrogens is 162 g/mol. The monoisotopic (exact) mass is 181 g/mol. The predicted molar refractivity (Wildman–Crippen MR) is 54.4 cm³/mol. The molecule has 0 bridgehead atoms. The van der Waals surface area contributed by atoms with Crippen molar-refractivity contribution in [1.29, 1.82) is 0 Å². The van der Waals surface area contributed by atoms with Crippen molar-refractivity contribution in [2.75, 3.05) is 0 Å². The molecule has 0 aliphatic rings. The van der Waals surface area contributed by atoms with Crippen LogP contribution in [0, 0.1) is 18.8 Å². The number of hydrogen-bond acceptors (Lipinski definition) is 2. The molecule has 1 rings (SSSR count). The number of aryl methyl sites for hydroxylation is 1. The molecule has 0 saturated carbocycles. The molecule has 2 nitrogen and oxygen atoms in total. The molecule has 0 saturated heterocycles. The molecule has 0 spiro atoms. The largest absolute Gasteiger partial charge is 0.472 e. The van der Waals surface area contributed by atoms with Gasteiger partial charge in [0.05, 0.1) is 12.5 Å². The summed E-state index contributed by atoms with van der Waals surface area (Å²) in [6, 6.07) is 0.0961. The summed E-state index contributed by atoms with van der Waals surface area (Å²) in [6.07, 6.45) is 3.51. The van der Waals surface area contributed by atoms with Crippen molar-refractivity contribution in [3.05, 3.63) is 23.7 Å². The van der Waals surface area contributed by atoms with Crippen molar-refractivity contribution in [3.63, 3.8) is 0 Å². The summed E-state index contributed by atoms with van der Waals surface area (Å²) in [5, 5.41) is 0. The normalized spacial score (nSPS) is 16.2. The number of furan rings is 1. The van der Waals surface area contributed by atoms with Gasteiger partial charge < -0.3 is 10.2 Å². The second-order valence-electron chi connectivity index (χ2n) is 4.14. The molecule has 1 aromatic rings. The Balaban J connectivity index is 2.79. The Morgan fingerprint density at radius 2 is 1.85 bits per heavy atom. The first kappa shape index (κ1) is 10.3. The molecule has 0 radical (unpaired) electrons. The minimum absolute atomic E-state index is 0.0961. The third-order valence-corrected chi connectivity index (χ3v) is 2.87. The lowest BCUT2D eigenvalue weighted by Gasteiger charge is -2.22. The summed E-state index contributed by atoms with van der Waals surface area (Å²) in [6.45, 7) is 8.60. The molecular formula is C11H19NO. The van der Waals surface area contributed by atoms with Crippen LogP contribution in [-0.2, 0) is 0 Å². The van der Waals surface area contributed by atoms with Crippen LogP contribution in [0.15, 0.2) is 16.9 Å². The molecule has 2 unspecified atom stereocenters. The molecule has 0 aliphatic carbocycles. The van der Waals surface area contributed by atoms with Gasteiger partial charge in [-0.2, -0.15) is 0 Å². The Bertz CT molecular complexity index is 265. The summed E-state index contributed by atoms with van der Waals surface area (Å²) < 4.78 is 5.12. The van der Waals surface area contributed by atoms with Gasteiger partial charge in [0, 0.05) is 11.6 Å². The van der Waals surface area contributed by atoms with Crippen LogP contribution in [0.2, 0.25) is 0 Å². The summed E-state index contributed by atoms with van der Waals surface area (Å²) in [7, 11) is 0. The van der Waals surface area contributed by atoms with E-state index in [-0.39, 0.29) is 6.04 Å². The van der Waals surface area contributed by atoms with E-state index in [1.54, 1.807) is 12.5 Å². The van der Waals surface area contributed by atoms with Gasteiger partial charge in [-0.25, -0.2) is 0 Å². The van der Waals surface area contributed by atoms with Gasteiger partial charge in [0.1, 0.15) is 0 Å². The first-order valence-corrected chi connectivity index (χ1v) is 4.82. The lowest BCUT2D eigenvalue weighted by molar-refractivity contribution is 0.350. The highest BCUT2D eigenvalue weighted by Crippen LogP contribution is 2.27. The minimum atomic E-state index is 0.0961. The molecule has 1 heterocycles. The standard InChI is InChI=1S/C11H19NO/c1-7(2)9(4)11(12)10-6-13-5-8(10)3/h5-7,9,11H,12H2,1-4H3. The van der Waals surface area contributed by atoms with Crippen molar-refractivity contribution in [1.82, 2.24) is 0 Å². The van der Waals surface area contributed by atoms with E-state index in [0.717, 1.165) is 11.1 Å². The average Bonchev–Trinajstić information content (AvgIpc) is 2.48. The van der Waals surface area contributed by atoms with E-state index < -0.39 is 0 Å². The lowest BCUT2D eigenvalue weighted by atomic mass is 9.86. The topological polar surface area (TPSA) is 39.2 Å². The maximum atomic E-state index is 6.12. The zero-order valence-electron chi connectivity index (χ0n) is 8.87. The molecule has 0 aromatic carbocycles. The van der Waals surface area contributed by atoms with E-state index in [1.807, 2.05) is 6.92 Å². The van der Waals surface area contributed by atoms with E-state index in [2.05, 4.69) is 20.8 Å². The Kier molecular flexibility index (Phi) is 3.15. The third kappa shape index (κ3) is 2.13. The van der Waals surface area contributed by atoms with Crippen molar-refractivity contribution in [2.24, 2.45) is 17.6 Å². The molecule has 2 atom stereocenters. The fourth-order valence-electron chi connectivity index (χ4n) is 1.41. The van der Waals surface area contributed by atoms with Gasteiger partial charge >= 0.3 is 0 Å². The second kappa shape index (κ2) is 3.97. The van der Waals surface area contributed by atoms with Crippen molar-refractivity contribution in [3.8, 4) is 0 Å². The first-order valence-electron chi connectivity index (χ1n) is 4.82. The minimum Gasteiger partial charge on any atom is -0.472 e. The molecule has 0 fully saturated rings. The zero-order chi connectivity index (χ0) is 10.0. The van der Waals surface area contributed by atoms with Crippen molar-refractivity contribution < 1.29 is 4.42 Å². The number of hydrogen-bond donors (Lipinski definition) is 1. The number of rotatable bonds is 3. The summed E-state index contributed by atoms with van der Waals surface area (Å²) in [5.41, 5.74) is 8.42. The van der Waals surface area contributed by atoms with Gasteiger partial charge in [-0.1, -0.05) is 20.8 Å². The van der Waals surface area contributed by atoms with E-state index in [4.69, 9.17) is 10.2 Å². The quantitative estimate of drug-likeness (QED) is 0.778. The predicted octanol–water partition coefficient (Wildman–Crippen LogP) is 2.88. The van der Waals surface area contributed by atoms with Gasteiger partial charge in [-0.05, 0) is 24.3 Å². The van der Waals surface area contributed by atoms with Crippen LogP contribution in [0.4, 0.5) is 0 Å². The van der Waals surface area contributed by atoms with E-state index in [1.165, 1.54) is 0 Å². The molecule has 13 heavy (non-hydrogen) atoms. The highest BCUT2D eigenvalue weighted by Gasteiger charge is 2.20. The average molecular weight is 181 g/mol. The fraction of sp³-hybridized carbons (Fsp3) is 0.636.